The zero-order chi connectivity index (χ0) is 29.2. The van der Waals surface area contributed by atoms with Gasteiger partial charge in [-0.2, -0.15) is 0 Å². The largest absolute Gasteiger partial charge is 0.506 e. The summed E-state index contributed by atoms with van der Waals surface area (Å²) in [6.07, 6.45) is 0. The van der Waals surface area contributed by atoms with E-state index in [4.69, 9.17) is 4.98 Å². The summed E-state index contributed by atoms with van der Waals surface area (Å²) in [6, 6.07) is 19.2. The number of anilines is 4. The van der Waals surface area contributed by atoms with Crippen LogP contribution in [0.1, 0.15) is 19.4 Å². The minimum atomic E-state index is -0.500. The van der Waals surface area contributed by atoms with Crippen molar-refractivity contribution in [1.29, 1.82) is 0 Å². The molecule has 0 saturated carbocycles. The van der Waals surface area contributed by atoms with Gasteiger partial charge in [-0.3, -0.25) is 5.32 Å². The second-order valence-electron chi connectivity index (χ2n) is 10.7. The van der Waals surface area contributed by atoms with Crippen LogP contribution < -0.4 is 15.5 Å². The number of phenols is 1. The van der Waals surface area contributed by atoms with E-state index in [1.165, 1.54) is 46.9 Å². The van der Waals surface area contributed by atoms with Gasteiger partial charge in [0.15, 0.2) is 5.13 Å². The van der Waals surface area contributed by atoms with E-state index in [1.807, 2.05) is 29.2 Å². The number of carbonyl (C=O) groups excluding carboxylic acids is 1. The Kier molecular flexibility index (Phi) is 6.10. The Balaban J connectivity index is 1.24. The zero-order valence-corrected chi connectivity index (χ0v) is 24.0. The van der Waals surface area contributed by atoms with Crippen molar-refractivity contribution in [2.24, 2.45) is 0 Å². The minimum Gasteiger partial charge on any atom is -0.506 e. The maximum absolute atomic E-state index is 13.9. The minimum absolute atomic E-state index is 0.104. The molecule has 7 nitrogen and oxygen atoms in total. The molecule has 0 atom stereocenters. The van der Waals surface area contributed by atoms with Gasteiger partial charge in [0.1, 0.15) is 22.4 Å². The van der Waals surface area contributed by atoms with Gasteiger partial charge in [0.25, 0.3) is 0 Å². The number of amides is 2. The van der Waals surface area contributed by atoms with Crippen molar-refractivity contribution in [1.82, 2.24) is 9.97 Å². The van der Waals surface area contributed by atoms with Crippen LogP contribution in [0.3, 0.4) is 0 Å². The van der Waals surface area contributed by atoms with Crippen LogP contribution in [-0.4, -0.2) is 27.7 Å². The molecule has 2 aromatic heterocycles. The highest BCUT2D eigenvalue weighted by Gasteiger charge is 2.41. The lowest BCUT2D eigenvalue weighted by molar-refractivity contribution is 0.262. The summed E-state index contributed by atoms with van der Waals surface area (Å²) in [5.74, 6) is -0.578. The predicted molar refractivity (Wildman–Crippen MR) is 165 cm³/mol. The van der Waals surface area contributed by atoms with Gasteiger partial charge in [0, 0.05) is 17.5 Å². The standard InChI is InChI=1S/C31H23F2N5O2S2/c1-31(2)15-38(27-23(39)12-9-18(26(27)31)28-34-20-10-7-16(32)13-24(20)41-28)22-6-4-3-5-19(22)35-29(40)37-30-36-21-11-8-17(33)14-25(21)42-30/h3-14,39H,15H2,1-2H3,(H2,35,36,37,40). The summed E-state index contributed by atoms with van der Waals surface area (Å²) >= 11 is 2.59. The number of aromatic nitrogens is 2. The molecule has 0 aliphatic carbocycles. The molecule has 1 aliphatic heterocycles. The molecule has 42 heavy (non-hydrogen) atoms. The molecule has 4 aromatic carbocycles. The number of fused-ring (bicyclic) bond motifs is 3. The highest BCUT2D eigenvalue weighted by molar-refractivity contribution is 7.22. The molecule has 3 heterocycles. The van der Waals surface area contributed by atoms with E-state index in [0.29, 0.717) is 44.5 Å². The predicted octanol–water partition coefficient (Wildman–Crippen LogP) is 8.63. The summed E-state index contributed by atoms with van der Waals surface area (Å²) in [5, 5.41) is 17.9. The monoisotopic (exact) mass is 599 g/mol. The van der Waals surface area contributed by atoms with E-state index in [9.17, 15) is 18.7 Å². The van der Waals surface area contributed by atoms with Crippen molar-refractivity contribution < 1.29 is 18.7 Å². The molecular formula is C31H23F2N5O2S2. The number of thiazole rings is 2. The Labute approximate surface area is 247 Å². The molecular weight excluding hydrogens is 577 g/mol. The maximum Gasteiger partial charge on any atom is 0.325 e. The number of rotatable bonds is 4. The fourth-order valence-electron chi connectivity index (χ4n) is 5.51. The van der Waals surface area contributed by atoms with Crippen molar-refractivity contribution in [2.45, 2.75) is 19.3 Å². The molecule has 7 rings (SSSR count). The molecule has 1 aliphatic rings. The SMILES string of the molecule is CC1(C)CN(c2ccccc2NC(=O)Nc2nc3ccc(F)cc3s2)c2c(O)ccc(-c3nc4ccc(F)cc4s3)c21. The van der Waals surface area contributed by atoms with Crippen molar-refractivity contribution in [3.05, 3.63) is 90.0 Å². The summed E-state index contributed by atoms with van der Waals surface area (Å²) < 4.78 is 28.9. The van der Waals surface area contributed by atoms with Crippen molar-refractivity contribution in [3.8, 4) is 16.3 Å². The van der Waals surface area contributed by atoms with E-state index < -0.39 is 11.4 Å². The van der Waals surface area contributed by atoms with Gasteiger partial charge < -0.3 is 15.3 Å². The molecule has 0 fully saturated rings. The van der Waals surface area contributed by atoms with E-state index in [1.54, 1.807) is 24.3 Å². The number of hydrogen-bond acceptors (Lipinski definition) is 7. The quantitative estimate of drug-likeness (QED) is 0.189. The Morgan fingerprint density at radius 2 is 1.60 bits per heavy atom. The van der Waals surface area contributed by atoms with E-state index >= 15 is 0 Å². The molecule has 0 bridgehead atoms. The zero-order valence-electron chi connectivity index (χ0n) is 22.4. The lowest BCUT2D eigenvalue weighted by Crippen LogP contribution is -2.27. The van der Waals surface area contributed by atoms with E-state index in [0.717, 1.165) is 20.8 Å². The molecule has 210 valence electrons. The smallest absolute Gasteiger partial charge is 0.325 e. The van der Waals surface area contributed by atoms with Crippen molar-refractivity contribution >= 4 is 71.3 Å². The molecule has 0 spiro atoms. The molecule has 0 saturated heterocycles. The van der Waals surface area contributed by atoms with Crippen LogP contribution in [0.5, 0.6) is 5.75 Å². The number of halogens is 2. The lowest BCUT2D eigenvalue weighted by atomic mass is 9.83. The van der Waals surface area contributed by atoms with Crippen LogP contribution >= 0.6 is 22.7 Å². The Bertz CT molecular complexity index is 2040. The average Bonchev–Trinajstić information content (AvgIpc) is 3.62. The van der Waals surface area contributed by atoms with Gasteiger partial charge in [0.2, 0.25) is 0 Å². The maximum atomic E-state index is 13.9. The molecule has 6 aromatic rings. The summed E-state index contributed by atoms with van der Waals surface area (Å²) in [5.41, 5.74) is 4.55. The van der Waals surface area contributed by atoms with Gasteiger partial charge in [-0.15, -0.1) is 11.3 Å². The third-order valence-electron chi connectivity index (χ3n) is 7.25. The van der Waals surface area contributed by atoms with Crippen LogP contribution in [0.15, 0.2) is 72.8 Å². The number of para-hydroxylation sites is 2. The number of benzene rings is 4. The third-order valence-corrected chi connectivity index (χ3v) is 9.24. The fraction of sp³-hybridized carbons (Fsp3) is 0.129. The van der Waals surface area contributed by atoms with E-state index in [2.05, 4.69) is 29.5 Å². The number of aromatic hydroxyl groups is 1. The highest BCUT2D eigenvalue weighted by atomic mass is 32.1. The first-order valence-electron chi connectivity index (χ1n) is 13.1. The van der Waals surface area contributed by atoms with Crippen LogP contribution in [0.2, 0.25) is 0 Å². The van der Waals surface area contributed by atoms with Gasteiger partial charge in [-0.1, -0.05) is 37.3 Å². The average molecular weight is 600 g/mol. The normalized spacial score (nSPS) is 14.0. The molecule has 0 unspecified atom stereocenters. The highest BCUT2D eigenvalue weighted by Crippen LogP contribution is 2.54. The number of carbonyl (C=O) groups is 1. The number of hydrogen-bond donors (Lipinski definition) is 3. The van der Waals surface area contributed by atoms with Crippen LogP contribution in [-0.2, 0) is 5.41 Å². The molecule has 11 heteroatoms. The summed E-state index contributed by atoms with van der Waals surface area (Å²) in [6.45, 7) is 4.72. The first kappa shape index (κ1) is 26.3. The molecule has 2 amide bonds. The van der Waals surface area contributed by atoms with Gasteiger partial charge in [-0.05, 0) is 66.2 Å². The first-order chi connectivity index (χ1) is 20.2. The molecule has 3 N–H and O–H groups in total. The summed E-state index contributed by atoms with van der Waals surface area (Å²) in [4.78, 5) is 24.2. The van der Waals surface area contributed by atoms with Crippen LogP contribution in [0.4, 0.5) is 35.8 Å². The Morgan fingerprint density at radius 3 is 2.36 bits per heavy atom. The van der Waals surface area contributed by atoms with Crippen molar-refractivity contribution in [3.63, 3.8) is 0 Å². The van der Waals surface area contributed by atoms with Gasteiger partial charge in [0.05, 0.1) is 37.5 Å². The van der Waals surface area contributed by atoms with E-state index in [-0.39, 0.29) is 17.4 Å². The number of phenolic OH excluding ortho intramolecular Hbond substituents is 1. The second-order valence-corrected chi connectivity index (χ2v) is 12.7. The van der Waals surface area contributed by atoms with Gasteiger partial charge >= 0.3 is 6.03 Å². The Morgan fingerprint density at radius 1 is 0.905 bits per heavy atom. The van der Waals surface area contributed by atoms with Gasteiger partial charge in [-0.25, -0.2) is 23.5 Å². The number of nitrogens with one attached hydrogen (secondary N) is 2. The van der Waals surface area contributed by atoms with Crippen LogP contribution in [0.25, 0.3) is 31.0 Å². The third kappa shape index (κ3) is 4.50. The lowest BCUT2D eigenvalue weighted by Gasteiger charge is -2.25. The fourth-order valence-corrected chi connectivity index (χ4v) is 7.41. The number of nitrogens with zero attached hydrogens (tertiary/aromatic N) is 3. The second kappa shape index (κ2) is 9.74. The van der Waals surface area contributed by atoms with Crippen molar-refractivity contribution in [2.75, 3.05) is 22.1 Å². The molecule has 0 radical (unpaired) electrons. The topological polar surface area (TPSA) is 90.4 Å². The first-order valence-corrected chi connectivity index (χ1v) is 14.7. The number of urea groups is 1. The van der Waals surface area contributed by atoms with Crippen LogP contribution in [0, 0.1) is 11.6 Å². The Hall–Kier alpha value is -4.61. The summed E-state index contributed by atoms with van der Waals surface area (Å²) in [7, 11) is 0.